The minimum absolute atomic E-state index is 1.17. The minimum atomic E-state index is 1.17. The molecular weight excluding hydrogens is 174 g/mol. The molecule has 0 aliphatic heterocycles. The van der Waals surface area contributed by atoms with E-state index in [4.69, 9.17) is 0 Å². The zero-order valence-corrected chi connectivity index (χ0v) is 11.7. The van der Waals surface area contributed by atoms with Gasteiger partial charge < -0.3 is 4.84 Å². The van der Waals surface area contributed by atoms with Crippen molar-refractivity contribution < 1.29 is 4.84 Å². The van der Waals surface area contributed by atoms with E-state index in [0.717, 1.165) is 0 Å². The SMILES string of the molecule is CC.CC.CCC=C(C)C.CNOC. The molecule has 0 rings (SSSR count). The molecule has 14 heavy (non-hydrogen) atoms. The molecule has 0 saturated carbocycles. The molecule has 0 aromatic heterocycles. The smallest absolute Gasteiger partial charge is 0.0572 e. The monoisotopic (exact) mass is 205 g/mol. The molecule has 0 amide bonds. The van der Waals surface area contributed by atoms with E-state index in [-0.39, 0.29) is 0 Å². The van der Waals surface area contributed by atoms with Gasteiger partial charge in [0.15, 0.2) is 0 Å². The average Bonchev–Trinajstić information content (AvgIpc) is 2.24. The molecule has 0 atom stereocenters. The summed E-state index contributed by atoms with van der Waals surface area (Å²) in [5, 5.41) is 0. The Labute approximate surface area is 91.7 Å². The molecule has 0 aliphatic carbocycles. The minimum Gasteiger partial charge on any atom is -0.305 e. The van der Waals surface area contributed by atoms with Gasteiger partial charge in [0.25, 0.3) is 0 Å². The lowest BCUT2D eigenvalue weighted by atomic mass is 10.3. The van der Waals surface area contributed by atoms with Gasteiger partial charge in [-0.15, -0.1) is 0 Å². The molecule has 0 aliphatic rings. The second-order valence-electron chi connectivity index (χ2n) is 2.10. The first-order valence-corrected chi connectivity index (χ1v) is 5.52. The zero-order valence-electron chi connectivity index (χ0n) is 11.7. The van der Waals surface area contributed by atoms with Crippen molar-refractivity contribution in [2.45, 2.75) is 54.9 Å². The molecule has 0 spiro atoms. The molecule has 2 heteroatoms. The van der Waals surface area contributed by atoms with Crippen LogP contribution in [0.2, 0.25) is 0 Å². The highest BCUT2D eigenvalue weighted by molar-refractivity contribution is 4.91. The van der Waals surface area contributed by atoms with E-state index in [9.17, 15) is 0 Å². The Bertz CT molecular complexity index is 74.4. The Kier molecular flexibility index (Phi) is 65.0. The van der Waals surface area contributed by atoms with E-state index in [2.05, 4.69) is 37.2 Å². The third-order valence-electron chi connectivity index (χ3n) is 0.816. The first-order chi connectivity index (χ1) is 6.68. The molecule has 0 aromatic carbocycles. The van der Waals surface area contributed by atoms with E-state index in [0.29, 0.717) is 0 Å². The molecule has 0 unspecified atom stereocenters. The average molecular weight is 205 g/mol. The number of allylic oxidation sites excluding steroid dienone is 2. The van der Waals surface area contributed by atoms with Gasteiger partial charge in [0.2, 0.25) is 0 Å². The number of rotatable bonds is 2. The zero-order chi connectivity index (χ0) is 12.4. The van der Waals surface area contributed by atoms with Crippen LogP contribution in [-0.2, 0) is 4.84 Å². The maximum atomic E-state index is 4.29. The quantitative estimate of drug-likeness (QED) is 0.539. The third-order valence-corrected chi connectivity index (χ3v) is 0.816. The van der Waals surface area contributed by atoms with Crippen LogP contribution in [0.5, 0.6) is 0 Å². The van der Waals surface area contributed by atoms with E-state index in [1.165, 1.54) is 12.0 Å². The highest BCUT2D eigenvalue weighted by Gasteiger charge is 1.67. The molecule has 0 heterocycles. The Balaban J connectivity index is -0.0000000546. The summed E-state index contributed by atoms with van der Waals surface area (Å²) in [6, 6.07) is 0. The standard InChI is InChI=1S/C6H12.C2H7NO.2C2H6/c1-4-5-6(2)3;1-3-4-2;2*1-2/h5H,4H2,1-3H3;3H,1-2H3;2*1-2H3. The molecular formula is C12H31NO. The van der Waals surface area contributed by atoms with Gasteiger partial charge in [-0.3, -0.25) is 0 Å². The van der Waals surface area contributed by atoms with Gasteiger partial charge in [-0.05, 0) is 20.3 Å². The Morgan fingerprint density at radius 1 is 1.14 bits per heavy atom. The predicted molar refractivity (Wildman–Crippen MR) is 68.5 cm³/mol. The summed E-state index contributed by atoms with van der Waals surface area (Å²) in [6.45, 7) is 14.4. The first kappa shape index (κ1) is 23.5. The summed E-state index contributed by atoms with van der Waals surface area (Å²) in [5.41, 5.74) is 3.84. The van der Waals surface area contributed by atoms with Crippen molar-refractivity contribution in [2.75, 3.05) is 14.2 Å². The summed E-state index contributed by atoms with van der Waals surface area (Å²) in [5.74, 6) is 0. The van der Waals surface area contributed by atoms with E-state index in [1.54, 1.807) is 14.2 Å². The Morgan fingerprint density at radius 2 is 1.43 bits per heavy atom. The summed E-state index contributed by atoms with van der Waals surface area (Å²) < 4.78 is 0. The number of hydrogen-bond donors (Lipinski definition) is 1. The van der Waals surface area contributed by atoms with Crippen molar-refractivity contribution in [3.8, 4) is 0 Å². The summed E-state index contributed by atoms with van der Waals surface area (Å²) >= 11 is 0. The van der Waals surface area contributed by atoms with E-state index in [1.807, 2.05) is 27.7 Å². The van der Waals surface area contributed by atoms with Gasteiger partial charge >= 0.3 is 0 Å². The summed E-state index contributed by atoms with van der Waals surface area (Å²) in [4.78, 5) is 4.29. The fourth-order valence-electron chi connectivity index (χ4n) is 0.408. The molecule has 0 saturated heterocycles. The van der Waals surface area contributed by atoms with E-state index >= 15 is 0 Å². The number of hydrogen-bond acceptors (Lipinski definition) is 2. The lowest BCUT2D eigenvalue weighted by Crippen LogP contribution is -2.00. The topological polar surface area (TPSA) is 21.3 Å². The van der Waals surface area contributed by atoms with Gasteiger partial charge in [0.1, 0.15) is 0 Å². The Hall–Kier alpha value is -0.340. The second kappa shape index (κ2) is 38.8. The van der Waals surface area contributed by atoms with Crippen LogP contribution < -0.4 is 5.48 Å². The molecule has 2 nitrogen and oxygen atoms in total. The highest BCUT2D eigenvalue weighted by atomic mass is 16.6. The van der Waals surface area contributed by atoms with Crippen molar-refractivity contribution in [3.63, 3.8) is 0 Å². The van der Waals surface area contributed by atoms with Gasteiger partial charge in [-0.25, -0.2) is 5.48 Å². The third kappa shape index (κ3) is 98.9. The van der Waals surface area contributed by atoms with Crippen LogP contribution in [0.1, 0.15) is 54.9 Å². The van der Waals surface area contributed by atoms with Crippen LogP contribution in [0.25, 0.3) is 0 Å². The van der Waals surface area contributed by atoms with E-state index < -0.39 is 0 Å². The highest BCUT2D eigenvalue weighted by Crippen LogP contribution is 1.89. The van der Waals surface area contributed by atoms with Crippen LogP contribution in [-0.4, -0.2) is 14.2 Å². The number of nitrogens with one attached hydrogen (secondary N) is 1. The second-order valence-corrected chi connectivity index (χ2v) is 2.10. The molecule has 0 bridgehead atoms. The van der Waals surface area contributed by atoms with Gasteiger partial charge in [-0.1, -0.05) is 46.3 Å². The van der Waals surface area contributed by atoms with Crippen LogP contribution in [0, 0.1) is 0 Å². The lowest BCUT2D eigenvalue weighted by molar-refractivity contribution is 0.112. The Morgan fingerprint density at radius 3 is 1.43 bits per heavy atom. The van der Waals surface area contributed by atoms with Crippen molar-refractivity contribution in [2.24, 2.45) is 0 Å². The fraction of sp³-hybridized carbons (Fsp3) is 0.833. The van der Waals surface area contributed by atoms with Crippen molar-refractivity contribution >= 4 is 0 Å². The lowest BCUT2D eigenvalue weighted by Gasteiger charge is -1.80. The van der Waals surface area contributed by atoms with Gasteiger partial charge in [-0.2, -0.15) is 0 Å². The van der Waals surface area contributed by atoms with Crippen molar-refractivity contribution in [3.05, 3.63) is 11.6 Å². The maximum Gasteiger partial charge on any atom is 0.0572 e. The molecule has 1 N–H and O–H groups in total. The molecule has 0 aromatic rings. The molecule has 0 fully saturated rings. The largest absolute Gasteiger partial charge is 0.305 e. The van der Waals surface area contributed by atoms with Crippen LogP contribution in [0.4, 0.5) is 0 Å². The van der Waals surface area contributed by atoms with Crippen LogP contribution in [0.3, 0.4) is 0 Å². The summed E-state index contributed by atoms with van der Waals surface area (Å²) in [7, 11) is 3.28. The fourth-order valence-corrected chi connectivity index (χ4v) is 0.408. The van der Waals surface area contributed by atoms with Gasteiger partial charge in [0.05, 0.1) is 7.11 Å². The van der Waals surface area contributed by atoms with Crippen molar-refractivity contribution in [1.29, 1.82) is 0 Å². The van der Waals surface area contributed by atoms with Crippen LogP contribution >= 0.6 is 0 Å². The molecule has 90 valence electrons. The van der Waals surface area contributed by atoms with Gasteiger partial charge in [0, 0.05) is 7.05 Å². The normalized spacial score (nSPS) is 6.36. The van der Waals surface area contributed by atoms with Crippen LogP contribution in [0.15, 0.2) is 11.6 Å². The number of hydroxylamine groups is 1. The molecule has 0 radical (unpaired) electrons. The predicted octanol–water partition coefficient (Wildman–Crippen LogP) is 4.18. The van der Waals surface area contributed by atoms with Crippen molar-refractivity contribution in [1.82, 2.24) is 5.48 Å². The maximum absolute atomic E-state index is 4.29. The first-order valence-electron chi connectivity index (χ1n) is 5.52. The summed E-state index contributed by atoms with van der Waals surface area (Å²) in [6.07, 6.45) is 3.38.